The summed E-state index contributed by atoms with van der Waals surface area (Å²) in [5.41, 5.74) is 2.72. The van der Waals surface area contributed by atoms with Crippen molar-refractivity contribution in [2.24, 2.45) is 11.8 Å². The van der Waals surface area contributed by atoms with E-state index < -0.39 is 24.1 Å². The maximum Gasteiger partial charge on any atom is 0.342 e. The van der Waals surface area contributed by atoms with Gasteiger partial charge in [-0.25, -0.2) is 33.6 Å². The molecule has 0 unspecified atom stereocenters. The predicted molar refractivity (Wildman–Crippen MR) is 232 cm³/mol. The Bertz CT molecular complexity index is 2380. The highest BCUT2D eigenvalue weighted by molar-refractivity contribution is 6.03. The van der Waals surface area contributed by atoms with Gasteiger partial charge in [0.25, 0.3) is 18.2 Å². The van der Waals surface area contributed by atoms with Crippen LogP contribution in [0.4, 0.5) is 30.8 Å². The summed E-state index contributed by atoms with van der Waals surface area (Å²) in [4.78, 5) is 66.6. The first-order valence-corrected chi connectivity index (χ1v) is 22.7. The summed E-state index contributed by atoms with van der Waals surface area (Å²) in [5.74, 6) is 1.01. The molecule has 5 fully saturated rings. The van der Waals surface area contributed by atoms with Gasteiger partial charge in [-0.1, -0.05) is 0 Å². The number of likely N-dealkylation sites (tertiary alicyclic amines) is 2. The summed E-state index contributed by atoms with van der Waals surface area (Å²) in [6.07, 6.45) is 10.1. The van der Waals surface area contributed by atoms with Crippen LogP contribution in [0.25, 0.3) is 11.5 Å². The number of fused-ring (bicyclic) bond motifs is 1. The van der Waals surface area contributed by atoms with Crippen LogP contribution >= 0.6 is 0 Å². The van der Waals surface area contributed by atoms with Gasteiger partial charge in [0.1, 0.15) is 12.1 Å². The molecule has 4 saturated heterocycles. The Kier molecular flexibility index (Phi) is 11.8. The second-order valence-electron chi connectivity index (χ2n) is 18.1. The number of hydrazine groups is 1. The average molecular weight is 881 g/mol. The van der Waals surface area contributed by atoms with Crippen LogP contribution in [0.5, 0.6) is 0 Å². The Balaban J connectivity index is 0.663. The molecule has 1 aromatic carbocycles. The number of piperidine rings is 3. The number of nitrogens with zero attached hydrogens (tertiary/aromatic N) is 9. The number of urea groups is 1. The smallest absolute Gasteiger partial charge is 0.342 e. The monoisotopic (exact) mass is 880 g/mol. The van der Waals surface area contributed by atoms with Gasteiger partial charge in [-0.3, -0.25) is 24.4 Å². The van der Waals surface area contributed by atoms with Gasteiger partial charge in [-0.15, -0.1) is 0 Å². The summed E-state index contributed by atoms with van der Waals surface area (Å²) in [5, 5.41) is 15.3. The minimum Gasteiger partial charge on any atom is -0.444 e. The summed E-state index contributed by atoms with van der Waals surface area (Å²) >= 11 is 0. The summed E-state index contributed by atoms with van der Waals surface area (Å²) in [7, 11) is 0. The minimum absolute atomic E-state index is 0.0225. The molecule has 64 heavy (non-hydrogen) atoms. The first-order valence-electron chi connectivity index (χ1n) is 22.7. The first kappa shape index (κ1) is 42.0. The number of hydrogen-bond donors (Lipinski definition) is 3. The topological polar surface area (TPSA) is 177 Å². The van der Waals surface area contributed by atoms with E-state index in [0.717, 1.165) is 102 Å². The molecule has 8 heterocycles. The number of carbonyl (C=O) groups excluding carboxylic acids is 4. The third-order valence-corrected chi connectivity index (χ3v) is 13.9. The predicted octanol–water partition coefficient (Wildman–Crippen LogP) is 5.78. The zero-order valence-electron chi connectivity index (χ0n) is 35.8. The number of rotatable bonds is 13. The number of halogens is 2. The van der Waals surface area contributed by atoms with Gasteiger partial charge in [0, 0.05) is 80.9 Å². The van der Waals surface area contributed by atoms with Crippen molar-refractivity contribution < 1.29 is 32.4 Å². The van der Waals surface area contributed by atoms with Gasteiger partial charge in [-0.05, 0) is 112 Å². The highest BCUT2D eigenvalue weighted by Crippen LogP contribution is 2.35. The standard InChI is InChI=1S/C45H54F2N12O5/c46-41(47)40-36(50-42(61)37-27-64-43(51-37)30-5-13-48-38(22-30)49-23-28-1-2-28)26-57(53-40)33-8-14-54(15-9-33)24-29-6-16-55(17-7-29)32-10-18-56(19-11-32)34-3-4-35-31(21-34)25-59(44(35)62)58-20-12-39(60)52-45(58)63/h3-5,13,21-22,26-29,32-33,41H,1-2,6-12,14-20,23-25H2,(H,48,49)(H,50,61)(H,52,60,63). The van der Waals surface area contributed by atoms with E-state index in [0.29, 0.717) is 41.4 Å². The van der Waals surface area contributed by atoms with Gasteiger partial charge in [-0.2, -0.15) is 5.10 Å². The molecule has 1 saturated carbocycles. The molecule has 0 atom stereocenters. The number of nitrogens with one attached hydrogen (secondary N) is 3. The quantitative estimate of drug-likeness (QED) is 0.148. The van der Waals surface area contributed by atoms with E-state index in [1.165, 1.54) is 35.3 Å². The number of oxazole rings is 1. The molecule has 3 N–H and O–H groups in total. The lowest BCUT2D eigenvalue weighted by atomic mass is 9.92. The van der Waals surface area contributed by atoms with Crippen molar-refractivity contribution in [3.8, 4) is 11.5 Å². The second-order valence-corrected chi connectivity index (χ2v) is 18.1. The van der Waals surface area contributed by atoms with Gasteiger partial charge < -0.3 is 29.8 Å². The van der Waals surface area contributed by atoms with Crippen LogP contribution in [0.1, 0.15) is 102 Å². The number of anilines is 3. The molecular weight excluding hydrogens is 827 g/mol. The highest BCUT2D eigenvalue weighted by Gasteiger charge is 2.38. The Morgan fingerprint density at radius 2 is 1.66 bits per heavy atom. The van der Waals surface area contributed by atoms with Crippen LogP contribution < -0.4 is 20.9 Å². The molecule has 0 bridgehead atoms. The highest BCUT2D eigenvalue weighted by atomic mass is 19.3. The van der Waals surface area contributed by atoms with Crippen LogP contribution in [0.15, 0.2) is 53.4 Å². The van der Waals surface area contributed by atoms with Crippen LogP contribution in [-0.2, 0) is 11.3 Å². The maximum atomic E-state index is 14.2. The zero-order valence-corrected chi connectivity index (χ0v) is 35.8. The second kappa shape index (κ2) is 17.9. The van der Waals surface area contributed by atoms with Crippen molar-refractivity contribution in [1.82, 2.24) is 44.9 Å². The molecule has 10 rings (SSSR count). The van der Waals surface area contributed by atoms with E-state index in [9.17, 15) is 28.0 Å². The van der Waals surface area contributed by atoms with E-state index >= 15 is 0 Å². The number of imide groups is 1. The molecule has 19 heteroatoms. The molecule has 17 nitrogen and oxygen atoms in total. The van der Waals surface area contributed by atoms with E-state index in [2.05, 4.69) is 51.8 Å². The summed E-state index contributed by atoms with van der Waals surface area (Å²) in [6.45, 7) is 8.11. The Hall–Kier alpha value is -5.95. The zero-order chi connectivity index (χ0) is 43.9. The number of carbonyl (C=O) groups is 4. The molecule has 0 spiro atoms. The molecule has 5 aliphatic heterocycles. The largest absolute Gasteiger partial charge is 0.444 e. The van der Waals surface area contributed by atoms with Gasteiger partial charge >= 0.3 is 6.03 Å². The van der Waals surface area contributed by atoms with Crippen LogP contribution in [-0.4, -0.2) is 128 Å². The fraction of sp³-hybridized carbons (Fsp3) is 0.533. The van der Waals surface area contributed by atoms with E-state index in [-0.39, 0.29) is 48.1 Å². The minimum atomic E-state index is -2.86. The first-order chi connectivity index (χ1) is 31.1. The normalized spacial score (nSPS) is 20.9. The fourth-order valence-corrected chi connectivity index (χ4v) is 9.97. The maximum absolute atomic E-state index is 14.2. The average Bonchev–Trinajstić information content (AvgIpc) is 3.66. The molecule has 5 amide bonds. The van der Waals surface area contributed by atoms with Crippen LogP contribution in [0, 0.1) is 11.8 Å². The van der Waals surface area contributed by atoms with Crippen LogP contribution in [0.2, 0.25) is 0 Å². The summed E-state index contributed by atoms with van der Waals surface area (Å²) in [6, 6.07) is 9.42. The van der Waals surface area contributed by atoms with Gasteiger partial charge in [0.05, 0.1) is 24.8 Å². The SMILES string of the molecule is O=C1CCN(N2Cc3cc(N4CCC(N5CCC(CN6CCC(n7cc(NC(=O)c8coc(-c9ccnc(NCC%10CC%10)c9)n8)c(C(F)F)n7)CC6)CC5)CC4)ccc3C2=O)C(=O)N1. The van der Waals surface area contributed by atoms with Crippen molar-refractivity contribution in [1.29, 1.82) is 0 Å². The van der Waals surface area contributed by atoms with E-state index in [1.54, 1.807) is 16.9 Å². The molecule has 338 valence electrons. The molecule has 6 aliphatic rings. The van der Waals surface area contributed by atoms with Crippen molar-refractivity contribution >= 4 is 40.9 Å². The molecular formula is C45H54F2N12O5. The Morgan fingerprint density at radius 1 is 0.875 bits per heavy atom. The number of pyridine rings is 1. The van der Waals surface area contributed by atoms with Crippen LogP contribution in [0.3, 0.4) is 0 Å². The van der Waals surface area contributed by atoms with Gasteiger partial charge in [0.15, 0.2) is 11.4 Å². The number of benzene rings is 1. The Labute approximate surface area is 369 Å². The third kappa shape index (κ3) is 9.04. The van der Waals surface area contributed by atoms with E-state index in [1.807, 2.05) is 18.2 Å². The number of alkyl halides is 2. The van der Waals surface area contributed by atoms with Gasteiger partial charge in [0.2, 0.25) is 11.8 Å². The summed E-state index contributed by atoms with van der Waals surface area (Å²) < 4.78 is 35.6. The van der Waals surface area contributed by atoms with E-state index in [4.69, 9.17) is 4.42 Å². The van der Waals surface area contributed by atoms with Crippen molar-refractivity contribution in [2.75, 3.05) is 74.4 Å². The molecule has 3 aromatic heterocycles. The number of aromatic nitrogens is 4. The van der Waals surface area contributed by atoms with Crippen molar-refractivity contribution in [2.45, 2.75) is 82.8 Å². The fourth-order valence-electron chi connectivity index (χ4n) is 9.97. The molecule has 4 aromatic rings. The lowest BCUT2D eigenvalue weighted by molar-refractivity contribution is -0.123. The Morgan fingerprint density at radius 3 is 2.41 bits per heavy atom. The third-order valence-electron chi connectivity index (χ3n) is 13.9. The number of amides is 5. The molecule has 0 radical (unpaired) electrons. The lowest BCUT2D eigenvalue weighted by Gasteiger charge is -2.43. The lowest BCUT2D eigenvalue weighted by Crippen LogP contribution is -2.56. The van der Waals surface area contributed by atoms with Crippen molar-refractivity contribution in [3.05, 3.63) is 71.5 Å². The molecule has 1 aliphatic carbocycles. The van der Waals surface area contributed by atoms with Crippen molar-refractivity contribution in [3.63, 3.8) is 0 Å². The number of hydrogen-bond acceptors (Lipinski definition) is 12.